The van der Waals surface area contributed by atoms with E-state index in [-0.39, 0.29) is 12.4 Å². The molecule has 0 atom stereocenters. The van der Waals surface area contributed by atoms with Crippen molar-refractivity contribution in [3.63, 3.8) is 0 Å². The van der Waals surface area contributed by atoms with Gasteiger partial charge in [0.15, 0.2) is 0 Å². The topological polar surface area (TPSA) is 28.2 Å². The summed E-state index contributed by atoms with van der Waals surface area (Å²) in [4.78, 5) is 7.09. The molecule has 2 heterocycles. The molecule has 28 heavy (non-hydrogen) atoms. The fourth-order valence-electron chi connectivity index (χ4n) is 3.82. The summed E-state index contributed by atoms with van der Waals surface area (Å²) in [7, 11) is 2.11. The van der Waals surface area contributed by atoms with Gasteiger partial charge in [-0.2, -0.15) is 0 Å². The highest BCUT2D eigenvalue weighted by Gasteiger charge is 2.19. The molecular formula is C22H27Cl2N3S. The highest BCUT2D eigenvalue weighted by molar-refractivity contribution is 7.18. The van der Waals surface area contributed by atoms with Crippen LogP contribution in [0.3, 0.4) is 0 Å². The summed E-state index contributed by atoms with van der Waals surface area (Å²) in [6.07, 6.45) is 3.10. The van der Waals surface area contributed by atoms with E-state index in [2.05, 4.69) is 55.4 Å². The third kappa shape index (κ3) is 4.30. The highest BCUT2D eigenvalue weighted by Crippen LogP contribution is 2.38. The van der Waals surface area contributed by atoms with E-state index in [1.54, 1.807) is 11.3 Å². The molecule has 150 valence electrons. The molecule has 0 saturated heterocycles. The minimum absolute atomic E-state index is 0. The first-order valence-electron chi connectivity index (χ1n) is 9.67. The van der Waals surface area contributed by atoms with Crippen molar-refractivity contribution in [2.24, 2.45) is 5.92 Å². The Morgan fingerprint density at radius 3 is 2.75 bits per heavy atom. The van der Waals surface area contributed by atoms with E-state index >= 15 is 0 Å². The number of rotatable bonds is 4. The van der Waals surface area contributed by atoms with Gasteiger partial charge in [0.25, 0.3) is 0 Å². The fourth-order valence-corrected chi connectivity index (χ4v) is 5.29. The van der Waals surface area contributed by atoms with Crippen molar-refractivity contribution >= 4 is 56.9 Å². The molecular weight excluding hydrogens is 409 g/mol. The summed E-state index contributed by atoms with van der Waals surface area (Å²) in [6, 6.07) is 10.8. The molecule has 1 aliphatic heterocycles. The van der Waals surface area contributed by atoms with Gasteiger partial charge in [-0.1, -0.05) is 31.5 Å². The van der Waals surface area contributed by atoms with Crippen LogP contribution < -0.4 is 10.2 Å². The van der Waals surface area contributed by atoms with Gasteiger partial charge in [0.2, 0.25) is 0 Å². The lowest BCUT2D eigenvalue weighted by atomic mass is 10.00. The number of nitrogens with one attached hydrogen (secondary N) is 1. The smallest absolute Gasteiger partial charge is 0.0941 e. The molecule has 0 fully saturated rings. The van der Waals surface area contributed by atoms with E-state index in [9.17, 15) is 0 Å². The standard InChI is InChI=1S/C22H26ClN3S.ClH/c1-14(2)12-21-25-19-13-16(5-7-20(19)27-21)26(3)22-17-9-11-24-10-8-15(17)4-6-18(22)23;/h4-7,13-14,24H,8-12H2,1-3H3;1H. The monoisotopic (exact) mass is 435 g/mol. The maximum Gasteiger partial charge on any atom is 0.0941 e. The van der Waals surface area contributed by atoms with Gasteiger partial charge in [-0.15, -0.1) is 23.7 Å². The van der Waals surface area contributed by atoms with Crippen molar-refractivity contribution < 1.29 is 0 Å². The van der Waals surface area contributed by atoms with Gasteiger partial charge in [-0.25, -0.2) is 4.98 Å². The van der Waals surface area contributed by atoms with Crippen LogP contribution in [0.2, 0.25) is 5.02 Å². The number of fused-ring (bicyclic) bond motifs is 2. The quantitative estimate of drug-likeness (QED) is 0.542. The van der Waals surface area contributed by atoms with Crippen molar-refractivity contribution in [3.8, 4) is 0 Å². The van der Waals surface area contributed by atoms with E-state index < -0.39 is 0 Å². The highest BCUT2D eigenvalue weighted by atomic mass is 35.5. The van der Waals surface area contributed by atoms with Crippen molar-refractivity contribution in [1.29, 1.82) is 0 Å². The fraction of sp³-hybridized carbons (Fsp3) is 0.409. The van der Waals surface area contributed by atoms with Gasteiger partial charge >= 0.3 is 0 Å². The van der Waals surface area contributed by atoms with Crippen molar-refractivity contribution in [2.45, 2.75) is 33.1 Å². The van der Waals surface area contributed by atoms with Gasteiger partial charge in [0, 0.05) is 19.2 Å². The average Bonchev–Trinajstić information content (AvgIpc) is 2.86. The third-order valence-electron chi connectivity index (χ3n) is 5.17. The van der Waals surface area contributed by atoms with Crippen LogP contribution in [0.4, 0.5) is 11.4 Å². The van der Waals surface area contributed by atoms with Crippen LogP contribution in [0, 0.1) is 5.92 Å². The Morgan fingerprint density at radius 1 is 1.18 bits per heavy atom. The molecule has 0 amide bonds. The number of halogens is 2. The Morgan fingerprint density at radius 2 is 1.96 bits per heavy atom. The van der Waals surface area contributed by atoms with E-state index in [4.69, 9.17) is 16.6 Å². The van der Waals surface area contributed by atoms with Gasteiger partial charge in [-0.05, 0) is 67.2 Å². The lowest BCUT2D eigenvalue weighted by molar-refractivity contribution is 0.645. The molecule has 1 N–H and O–H groups in total. The van der Waals surface area contributed by atoms with Crippen LogP contribution in [0.5, 0.6) is 0 Å². The predicted octanol–water partition coefficient (Wildman–Crippen LogP) is 6.03. The molecule has 1 aromatic heterocycles. The minimum atomic E-state index is 0. The molecule has 0 bridgehead atoms. The van der Waals surface area contributed by atoms with E-state index in [1.165, 1.54) is 20.8 Å². The number of nitrogens with zero attached hydrogens (tertiary/aromatic N) is 2. The van der Waals surface area contributed by atoms with Crippen molar-refractivity contribution in [2.75, 3.05) is 25.0 Å². The zero-order valence-corrected chi connectivity index (χ0v) is 19.0. The summed E-state index contributed by atoms with van der Waals surface area (Å²) in [5.41, 5.74) is 6.13. The number of hydrogen-bond donors (Lipinski definition) is 1. The number of thiazole rings is 1. The molecule has 0 radical (unpaired) electrons. The lowest BCUT2D eigenvalue weighted by Gasteiger charge is -2.25. The molecule has 0 saturated carbocycles. The molecule has 0 spiro atoms. The Bertz CT molecular complexity index is 968. The molecule has 1 aliphatic rings. The van der Waals surface area contributed by atoms with Crippen LogP contribution in [0.1, 0.15) is 30.0 Å². The first-order valence-corrected chi connectivity index (χ1v) is 10.9. The van der Waals surface area contributed by atoms with Crippen molar-refractivity contribution in [1.82, 2.24) is 10.3 Å². The average molecular weight is 436 g/mol. The van der Waals surface area contributed by atoms with Crippen LogP contribution in [-0.4, -0.2) is 25.1 Å². The second-order valence-corrected chi connectivity index (χ2v) is 9.22. The Kier molecular flexibility index (Phi) is 6.87. The Labute approximate surface area is 182 Å². The zero-order chi connectivity index (χ0) is 19.0. The van der Waals surface area contributed by atoms with Crippen molar-refractivity contribution in [3.05, 3.63) is 51.5 Å². The van der Waals surface area contributed by atoms with Gasteiger partial charge in [-0.3, -0.25) is 0 Å². The van der Waals surface area contributed by atoms with E-state index in [0.29, 0.717) is 5.92 Å². The largest absolute Gasteiger partial charge is 0.343 e. The number of aromatic nitrogens is 1. The van der Waals surface area contributed by atoms with Crippen LogP contribution in [-0.2, 0) is 19.3 Å². The van der Waals surface area contributed by atoms with Gasteiger partial charge in [0.1, 0.15) is 0 Å². The molecule has 0 aliphatic carbocycles. The molecule has 3 aromatic rings. The molecule has 2 aromatic carbocycles. The molecule has 3 nitrogen and oxygen atoms in total. The summed E-state index contributed by atoms with van der Waals surface area (Å²) in [6.45, 7) is 6.51. The Hall–Kier alpha value is -1.33. The third-order valence-corrected chi connectivity index (χ3v) is 6.54. The predicted molar refractivity (Wildman–Crippen MR) is 125 cm³/mol. The van der Waals surface area contributed by atoms with E-state index in [0.717, 1.165) is 54.3 Å². The van der Waals surface area contributed by atoms with Gasteiger partial charge < -0.3 is 10.2 Å². The minimum Gasteiger partial charge on any atom is -0.343 e. The zero-order valence-electron chi connectivity index (χ0n) is 16.6. The van der Waals surface area contributed by atoms with Crippen LogP contribution in [0.15, 0.2) is 30.3 Å². The number of anilines is 2. The second-order valence-electron chi connectivity index (χ2n) is 7.70. The van der Waals surface area contributed by atoms with Gasteiger partial charge in [0.05, 0.1) is 25.9 Å². The summed E-state index contributed by atoms with van der Waals surface area (Å²) >= 11 is 8.47. The maximum atomic E-state index is 6.66. The van der Waals surface area contributed by atoms with Crippen LogP contribution in [0.25, 0.3) is 10.2 Å². The molecule has 4 rings (SSSR count). The first-order chi connectivity index (χ1) is 13.0. The Balaban J connectivity index is 0.00000225. The molecule has 6 heteroatoms. The molecule has 0 unspecified atom stereocenters. The summed E-state index contributed by atoms with van der Waals surface area (Å²) in [5.74, 6) is 0.625. The van der Waals surface area contributed by atoms with E-state index in [1.807, 2.05) is 6.07 Å². The normalized spacial score (nSPS) is 13.9. The maximum absolute atomic E-state index is 6.66. The summed E-state index contributed by atoms with van der Waals surface area (Å²) < 4.78 is 1.25. The SMILES string of the molecule is CC(C)Cc1nc2cc(N(C)c3c(Cl)ccc4c3CCNCC4)ccc2s1.Cl. The lowest BCUT2D eigenvalue weighted by Crippen LogP contribution is -2.17. The number of hydrogen-bond acceptors (Lipinski definition) is 4. The second kappa shape index (κ2) is 9.00. The van der Waals surface area contributed by atoms with Crippen LogP contribution >= 0.6 is 35.3 Å². The summed E-state index contributed by atoms with van der Waals surface area (Å²) in [5, 5.41) is 5.53. The first kappa shape index (κ1) is 21.4. The number of benzene rings is 2.